The van der Waals surface area contributed by atoms with E-state index in [4.69, 9.17) is 16.9 Å². The Labute approximate surface area is 172 Å². The molecule has 0 N–H and O–H groups in total. The summed E-state index contributed by atoms with van der Waals surface area (Å²) in [6.07, 6.45) is 0.547. The Kier molecular flexibility index (Phi) is 6.34. The number of aryl methyl sites for hydroxylation is 1. The fourth-order valence-corrected chi connectivity index (χ4v) is 2.68. The van der Waals surface area contributed by atoms with Crippen LogP contribution >= 0.6 is 11.6 Å². The van der Waals surface area contributed by atoms with Crippen molar-refractivity contribution in [1.82, 2.24) is 0 Å². The van der Waals surface area contributed by atoms with Gasteiger partial charge in [-0.05, 0) is 66.6 Å². The Balaban J connectivity index is 1.77. The van der Waals surface area contributed by atoms with Crippen LogP contribution in [0.15, 0.2) is 64.8 Å². The minimum Gasteiger partial charge on any atom is -0.206 e. The second-order valence-corrected chi connectivity index (χ2v) is 6.47. The molecule has 0 heterocycles. The van der Waals surface area contributed by atoms with Crippen LogP contribution < -0.4 is 0 Å². The van der Waals surface area contributed by atoms with E-state index in [-0.39, 0.29) is 5.56 Å². The van der Waals surface area contributed by atoms with E-state index in [0.29, 0.717) is 39.5 Å². The molecule has 3 rings (SSSR count). The average molecular weight is 406 g/mol. The predicted octanol–water partition coefficient (Wildman–Crippen LogP) is 6.87. The Morgan fingerprint density at radius 1 is 0.897 bits per heavy atom. The van der Waals surface area contributed by atoms with Crippen LogP contribution in [0, 0.1) is 34.8 Å². The molecule has 0 bridgehead atoms. The average Bonchev–Trinajstić information content (AvgIpc) is 2.72. The maximum atomic E-state index is 14.0. The summed E-state index contributed by atoms with van der Waals surface area (Å²) in [5, 5.41) is 17.3. The van der Waals surface area contributed by atoms with Crippen molar-refractivity contribution < 1.29 is 8.78 Å². The highest BCUT2D eigenvalue weighted by atomic mass is 35.5. The van der Waals surface area contributed by atoms with E-state index in [1.165, 1.54) is 18.2 Å². The van der Waals surface area contributed by atoms with Crippen molar-refractivity contribution in [2.24, 2.45) is 10.2 Å². The van der Waals surface area contributed by atoms with Crippen molar-refractivity contribution in [3.8, 4) is 17.9 Å². The molecule has 0 aromatic heterocycles. The van der Waals surface area contributed by atoms with E-state index in [1.807, 2.05) is 13.0 Å². The van der Waals surface area contributed by atoms with Gasteiger partial charge in [-0.15, -0.1) is 5.11 Å². The highest BCUT2D eigenvalue weighted by Gasteiger charge is 2.08. The van der Waals surface area contributed by atoms with Crippen LogP contribution in [0.1, 0.15) is 29.2 Å². The zero-order chi connectivity index (χ0) is 20.8. The molecule has 0 aliphatic rings. The third-order valence-corrected chi connectivity index (χ3v) is 4.36. The lowest BCUT2D eigenvalue weighted by molar-refractivity contribution is 0.574. The van der Waals surface area contributed by atoms with Gasteiger partial charge in [0.25, 0.3) is 0 Å². The first-order chi connectivity index (χ1) is 14.0. The molecule has 6 heteroatoms. The van der Waals surface area contributed by atoms with E-state index in [9.17, 15) is 8.78 Å². The summed E-state index contributed by atoms with van der Waals surface area (Å²) in [4.78, 5) is 0. The summed E-state index contributed by atoms with van der Waals surface area (Å²) in [5.41, 5.74) is 2.36. The monoisotopic (exact) mass is 405 g/mol. The first-order valence-corrected chi connectivity index (χ1v) is 9.09. The number of nitriles is 1. The maximum absolute atomic E-state index is 14.0. The summed E-state index contributed by atoms with van der Waals surface area (Å²) in [5.74, 6) is 3.96. The molecule has 3 aromatic carbocycles. The molecule has 0 spiro atoms. The van der Waals surface area contributed by atoms with Crippen molar-refractivity contribution >= 4 is 23.0 Å². The molecule has 0 fully saturated rings. The molecule has 0 saturated heterocycles. The van der Waals surface area contributed by atoms with E-state index in [1.54, 1.807) is 36.4 Å². The lowest BCUT2D eigenvalue weighted by atomic mass is 10.1. The Bertz CT molecular complexity index is 1160. The molecule has 0 aliphatic heterocycles. The third kappa shape index (κ3) is 5.04. The minimum atomic E-state index is -0.668. The van der Waals surface area contributed by atoms with Crippen molar-refractivity contribution in [2.45, 2.75) is 13.3 Å². The van der Waals surface area contributed by atoms with E-state index >= 15 is 0 Å². The number of azo groups is 1. The minimum absolute atomic E-state index is 0.249. The SMILES string of the molecule is CCc1cc(F)c(C#Cc2ccc(N=Nc3ccc(C#N)cc3Cl)cc2)c(F)c1. The van der Waals surface area contributed by atoms with Crippen LogP contribution in [0.3, 0.4) is 0 Å². The van der Waals surface area contributed by atoms with Crippen LogP contribution in [0.2, 0.25) is 5.02 Å². The molecule has 0 atom stereocenters. The van der Waals surface area contributed by atoms with E-state index < -0.39 is 11.6 Å². The molecular formula is C23H14ClF2N3. The molecule has 0 saturated carbocycles. The standard InChI is InChI=1S/C23H14ClF2N3/c1-2-15-12-21(25)19(22(26)13-15)9-5-16-3-7-18(8-4-16)28-29-23-10-6-17(14-27)11-20(23)24/h3-4,6-8,10-13H,2H2,1H3. The second-order valence-electron chi connectivity index (χ2n) is 6.06. The number of halogens is 3. The summed E-state index contributed by atoms with van der Waals surface area (Å²) < 4.78 is 28.0. The lowest BCUT2D eigenvalue weighted by Gasteiger charge is -2.01. The van der Waals surface area contributed by atoms with Crippen molar-refractivity contribution in [3.05, 3.63) is 93.5 Å². The summed E-state index contributed by atoms with van der Waals surface area (Å²) in [6, 6.07) is 16.0. The number of benzene rings is 3. The Morgan fingerprint density at radius 2 is 1.55 bits per heavy atom. The quantitative estimate of drug-likeness (QED) is 0.346. The molecule has 0 amide bonds. The Morgan fingerprint density at radius 3 is 2.14 bits per heavy atom. The van der Waals surface area contributed by atoms with Crippen molar-refractivity contribution in [3.63, 3.8) is 0 Å². The number of rotatable bonds is 3. The molecule has 3 aromatic rings. The molecule has 3 nitrogen and oxygen atoms in total. The van der Waals surface area contributed by atoms with Gasteiger partial charge in [0.2, 0.25) is 0 Å². The highest BCUT2D eigenvalue weighted by Crippen LogP contribution is 2.27. The third-order valence-electron chi connectivity index (χ3n) is 4.06. The Hall–Kier alpha value is -3.54. The van der Waals surface area contributed by atoms with Crippen LogP contribution in [0.5, 0.6) is 0 Å². The first kappa shape index (κ1) is 20.2. The normalized spacial score (nSPS) is 10.4. The predicted molar refractivity (Wildman–Crippen MR) is 109 cm³/mol. The van der Waals surface area contributed by atoms with Gasteiger partial charge in [-0.2, -0.15) is 10.4 Å². The van der Waals surface area contributed by atoms with E-state index in [2.05, 4.69) is 22.1 Å². The van der Waals surface area contributed by atoms with Crippen LogP contribution in [0.25, 0.3) is 0 Å². The molecule has 0 unspecified atom stereocenters. The van der Waals surface area contributed by atoms with Gasteiger partial charge in [0.1, 0.15) is 17.3 Å². The summed E-state index contributed by atoms with van der Waals surface area (Å²) >= 11 is 6.06. The smallest absolute Gasteiger partial charge is 0.142 e. The highest BCUT2D eigenvalue weighted by molar-refractivity contribution is 6.33. The molecule has 142 valence electrons. The van der Waals surface area contributed by atoms with Gasteiger partial charge in [-0.3, -0.25) is 0 Å². The second kappa shape index (κ2) is 9.10. The number of nitrogens with zero attached hydrogens (tertiary/aromatic N) is 3. The van der Waals surface area contributed by atoms with Gasteiger partial charge in [0.15, 0.2) is 0 Å². The lowest BCUT2D eigenvalue weighted by Crippen LogP contribution is -1.93. The van der Waals surface area contributed by atoms with Gasteiger partial charge in [-0.25, -0.2) is 8.78 Å². The van der Waals surface area contributed by atoms with Crippen molar-refractivity contribution in [1.29, 1.82) is 5.26 Å². The summed E-state index contributed by atoms with van der Waals surface area (Å²) in [6.45, 7) is 1.83. The van der Waals surface area contributed by atoms with Crippen LogP contribution in [0.4, 0.5) is 20.2 Å². The molecule has 0 radical (unpaired) electrons. The zero-order valence-electron chi connectivity index (χ0n) is 15.4. The number of hydrogen-bond donors (Lipinski definition) is 0. The van der Waals surface area contributed by atoms with Crippen LogP contribution in [-0.2, 0) is 6.42 Å². The number of hydrogen-bond acceptors (Lipinski definition) is 3. The topological polar surface area (TPSA) is 48.5 Å². The fraction of sp³-hybridized carbons (Fsp3) is 0.0870. The van der Waals surface area contributed by atoms with E-state index in [0.717, 1.165) is 0 Å². The van der Waals surface area contributed by atoms with Gasteiger partial charge in [0.05, 0.1) is 27.9 Å². The maximum Gasteiger partial charge on any atom is 0.142 e. The van der Waals surface area contributed by atoms with Crippen molar-refractivity contribution in [2.75, 3.05) is 0 Å². The zero-order valence-corrected chi connectivity index (χ0v) is 16.1. The fourth-order valence-electron chi connectivity index (χ4n) is 2.46. The molecule has 29 heavy (non-hydrogen) atoms. The van der Waals surface area contributed by atoms with Gasteiger partial charge < -0.3 is 0 Å². The molecule has 0 aliphatic carbocycles. The van der Waals surface area contributed by atoms with Gasteiger partial charge in [0, 0.05) is 5.56 Å². The largest absolute Gasteiger partial charge is 0.206 e. The van der Waals surface area contributed by atoms with Crippen LogP contribution in [-0.4, -0.2) is 0 Å². The molecular weight excluding hydrogens is 392 g/mol. The first-order valence-electron chi connectivity index (χ1n) is 8.71. The van der Waals surface area contributed by atoms with Gasteiger partial charge in [-0.1, -0.05) is 30.4 Å². The van der Waals surface area contributed by atoms with Gasteiger partial charge >= 0.3 is 0 Å². The summed E-state index contributed by atoms with van der Waals surface area (Å²) in [7, 11) is 0.